The molecule has 0 radical (unpaired) electrons. The lowest BCUT2D eigenvalue weighted by molar-refractivity contribution is -0.122. The van der Waals surface area contributed by atoms with Crippen LogP contribution in [-0.2, 0) is 9.59 Å². The van der Waals surface area contributed by atoms with Crippen LogP contribution in [0.3, 0.4) is 0 Å². The molecule has 0 aromatic heterocycles. The van der Waals surface area contributed by atoms with Gasteiger partial charge in [-0.25, -0.2) is 9.69 Å². The van der Waals surface area contributed by atoms with Crippen molar-refractivity contribution < 1.29 is 28.6 Å². The van der Waals surface area contributed by atoms with E-state index in [-0.39, 0.29) is 34.6 Å². The van der Waals surface area contributed by atoms with Gasteiger partial charge < -0.3 is 14.2 Å². The van der Waals surface area contributed by atoms with Crippen molar-refractivity contribution in [1.29, 1.82) is 0 Å². The van der Waals surface area contributed by atoms with Crippen molar-refractivity contribution in [2.45, 2.75) is 6.92 Å². The van der Waals surface area contributed by atoms with E-state index in [9.17, 15) is 14.4 Å². The van der Waals surface area contributed by atoms with E-state index in [1.165, 1.54) is 18.2 Å². The smallest absolute Gasteiger partial charge is 0.335 e. The van der Waals surface area contributed by atoms with Crippen molar-refractivity contribution in [2.24, 2.45) is 0 Å². The number of nitrogens with one attached hydrogen (secondary N) is 1. The van der Waals surface area contributed by atoms with E-state index in [0.29, 0.717) is 22.7 Å². The molecule has 0 spiro atoms. The summed E-state index contributed by atoms with van der Waals surface area (Å²) < 4.78 is 16.5. The van der Waals surface area contributed by atoms with E-state index in [4.69, 9.17) is 37.4 Å². The van der Waals surface area contributed by atoms with Gasteiger partial charge in [0.05, 0.1) is 22.8 Å². The Labute approximate surface area is 223 Å². The molecule has 4 rings (SSSR count). The SMILES string of the molecule is COc1cccc(OCCOc2c(Cl)cc(/C=C3/C(=O)NC(=O)N(c4ccc(C)cc4)C3=O)cc2Cl)c1. The van der Waals surface area contributed by atoms with Gasteiger partial charge in [0, 0.05) is 6.07 Å². The standard InChI is InChI=1S/C27H22Cl2N2O6/c1-16-6-8-18(9-7-16)31-26(33)21(25(32)30-27(31)34)12-17-13-22(28)24(23(29)14-17)37-11-10-36-20-5-3-4-19(15-20)35-2/h3-9,12-15H,10-11H2,1-2H3,(H,30,32,34)/b21-12-. The lowest BCUT2D eigenvalue weighted by Gasteiger charge is -2.26. The van der Waals surface area contributed by atoms with Gasteiger partial charge in [0.1, 0.15) is 30.3 Å². The van der Waals surface area contributed by atoms with Gasteiger partial charge >= 0.3 is 6.03 Å². The monoisotopic (exact) mass is 540 g/mol. The Morgan fingerprint density at radius 1 is 0.892 bits per heavy atom. The molecule has 1 saturated heterocycles. The number of urea groups is 1. The summed E-state index contributed by atoms with van der Waals surface area (Å²) in [7, 11) is 1.57. The zero-order valence-corrected chi connectivity index (χ0v) is 21.4. The molecule has 4 amide bonds. The molecular formula is C27H22Cl2N2O6. The Kier molecular flexibility index (Phi) is 8.01. The van der Waals surface area contributed by atoms with Gasteiger partial charge in [-0.3, -0.25) is 14.9 Å². The highest BCUT2D eigenvalue weighted by molar-refractivity contribution is 6.40. The molecule has 0 aliphatic carbocycles. The molecule has 10 heteroatoms. The van der Waals surface area contributed by atoms with Gasteiger partial charge in [-0.1, -0.05) is 47.0 Å². The number of nitrogens with zero attached hydrogens (tertiary/aromatic N) is 1. The van der Waals surface area contributed by atoms with Crippen molar-refractivity contribution in [3.05, 3.63) is 87.4 Å². The second kappa shape index (κ2) is 11.4. The lowest BCUT2D eigenvalue weighted by Crippen LogP contribution is -2.54. The molecule has 190 valence electrons. The third-order valence-corrected chi connectivity index (χ3v) is 5.93. The Bertz CT molecular complexity index is 1360. The number of anilines is 1. The second-order valence-corrected chi connectivity index (χ2v) is 8.80. The van der Waals surface area contributed by atoms with Crippen molar-refractivity contribution in [3.8, 4) is 17.2 Å². The molecular weight excluding hydrogens is 519 g/mol. The minimum Gasteiger partial charge on any atom is -0.497 e. The zero-order valence-electron chi connectivity index (χ0n) is 19.9. The highest BCUT2D eigenvalue weighted by Crippen LogP contribution is 2.35. The number of imide groups is 2. The molecule has 1 heterocycles. The molecule has 3 aromatic rings. The Balaban J connectivity index is 1.48. The third kappa shape index (κ3) is 6.04. The summed E-state index contributed by atoms with van der Waals surface area (Å²) in [5, 5.41) is 2.54. The van der Waals surface area contributed by atoms with E-state index in [1.807, 2.05) is 19.1 Å². The number of rotatable bonds is 8. The fraction of sp³-hybridized carbons (Fsp3) is 0.148. The summed E-state index contributed by atoms with van der Waals surface area (Å²) in [5.41, 5.74) is 1.43. The average Bonchev–Trinajstić information content (AvgIpc) is 2.87. The van der Waals surface area contributed by atoms with Gasteiger partial charge in [-0.15, -0.1) is 0 Å². The summed E-state index contributed by atoms with van der Waals surface area (Å²) in [6, 6.07) is 16.1. The second-order valence-electron chi connectivity index (χ2n) is 7.98. The summed E-state index contributed by atoms with van der Waals surface area (Å²) in [4.78, 5) is 38.8. The molecule has 0 bridgehead atoms. The predicted molar refractivity (Wildman–Crippen MR) is 141 cm³/mol. The van der Waals surface area contributed by atoms with Crippen molar-refractivity contribution in [1.82, 2.24) is 5.32 Å². The van der Waals surface area contributed by atoms with Gasteiger partial charge in [0.15, 0.2) is 5.75 Å². The molecule has 37 heavy (non-hydrogen) atoms. The Morgan fingerprint density at radius 3 is 2.22 bits per heavy atom. The van der Waals surface area contributed by atoms with Crippen molar-refractivity contribution in [3.63, 3.8) is 0 Å². The van der Waals surface area contributed by atoms with Gasteiger partial charge in [-0.2, -0.15) is 0 Å². The minimum absolute atomic E-state index is 0.158. The molecule has 3 aromatic carbocycles. The van der Waals surface area contributed by atoms with Crippen LogP contribution >= 0.6 is 23.2 Å². The summed E-state index contributed by atoms with van der Waals surface area (Å²) in [5.74, 6) is -0.0579. The molecule has 1 fully saturated rings. The predicted octanol–water partition coefficient (Wildman–Crippen LogP) is 5.43. The van der Waals surface area contributed by atoms with Gasteiger partial charge in [0.25, 0.3) is 11.8 Å². The van der Waals surface area contributed by atoms with E-state index in [2.05, 4.69) is 5.32 Å². The maximum absolute atomic E-state index is 13.1. The maximum Gasteiger partial charge on any atom is 0.335 e. The first-order chi connectivity index (χ1) is 17.8. The van der Waals surface area contributed by atoms with Crippen molar-refractivity contribution in [2.75, 3.05) is 25.2 Å². The highest BCUT2D eigenvalue weighted by atomic mass is 35.5. The molecule has 1 N–H and O–H groups in total. The first-order valence-corrected chi connectivity index (χ1v) is 11.9. The number of carbonyl (C=O) groups excluding carboxylic acids is 3. The summed E-state index contributed by atoms with van der Waals surface area (Å²) >= 11 is 12.8. The number of amides is 4. The summed E-state index contributed by atoms with van der Waals surface area (Å²) in [6.07, 6.45) is 1.32. The van der Waals surface area contributed by atoms with Crippen LogP contribution in [0, 0.1) is 6.92 Å². The van der Waals surface area contributed by atoms with Crippen LogP contribution in [-0.4, -0.2) is 38.2 Å². The van der Waals surface area contributed by atoms with Gasteiger partial charge in [0.2, 0.25) is 0 Å². The van der Waals surface area contributed by atoms with Crippen LogP contribution in [0.5, 0.6) is 17.2 Å². The van der Waals surface area contributed by atoms with E-state index in [0.717, 1.165) is 10.5 Å². The fourth-order valence-corrected chi connectivity index (χ4v) is 4.16. The molecule has 8 nitrogen and oxygen atoms in total. The van der Waals surface area contributed by atoms with Crippen LogP contribution in [0.4, 0.5) is 10.5 Å². The Morgan fingerprint density at radius 2 is 1.54 bits per heavy atom. The molecule has 0 atom stereocenters. The molecule has 0 saturated carbocycles. The van der Waals surface area contributed by atoms with Crippen LogP contribution < -0.4 is 24.4 Å². The molecule has 1 aliphatic rings. The van der Waals surface area contributed by atoms with E-state index >= 15 is 0 Å². The van der Waals surface area contributed by atoms with Gasteiger partial charge in [-0.05, 0) is 55.0 Å². The first-order valence-electron chi connectivity index (χ1n) is 11.1. The third-order valence-electron chi connectivity index (χ3n) is 5.37. The number of carbonyl (C=O) groups is 3. The number of hydrogen-bond acceptors (Lipinski definition) is 6. The zero-order chi connectivity index (χ0) is 26.5. The first kappa shape index (κ1) is 26.1. The lowest BCUT2D eigenvalue weighted by atomic mass is 10.1. The number of methoxy groups -OCH3 is 1. The quantitative estimate of drug-likeness (QED) is 0.232. The largest absolute Gasteiger partial charge is 0.497 e. The summed E-state index contributed by atoms with van der Waals surface area (Å²) in [6.45, 7) is 2.26. The number of aryl methyl sites for hydroxylation is 1. The van der Waals surface area contributed by atoms with E-state index < -0.39 is 17.8 Å². The van der Waals surface area contributed by atoms with E-state index in [1.54, 1.807) is 43.5 Å². The number of hydrogen-bond donors (Lipinski definition) is 1. The number of ether oxygens (including phenoxy) is 3. The van der Waals surface area contributed by atoms with Crippen LogP contribution in [0.2, 0.25) is 10.0 Å². The molecule has 1 aliphatic heterocycles. The van der Waals surface area contributed by atoms with Crippen molar-refractivity contribution >= 4 is 52.8 Å². The normalized spacial score (nSPS) is 14.5. The topological polar surface area (TPSA) is 94.2 Å². The number of benzene rings is 3. The minimum atomic E-state index is -0.827. The fourth-order valence-electron chi connectivity index (χ4n) is 3.55. The average molecular weight is 541 g/mol. The highest BCUT2D eigenvalue weighted by Gasteiger charge is 2.36. The number of barbiturate groups is 1. The van der Waals surface area contributed by atoms with Crippen LogP contribution in [0.15, 0.2) is 66.2 Å². The Hall–Kier alpha value is -4.01. The van der Waals surface area contributed by atoms with Crippen LogP contribution in [0.1, 0.15) is 11.1 Å². The number of halogens is 2. The maximum atomic E-state index is 13.1. The molecule has 0 unspecified atom stereocenters. The van der Waals surface area contributed by atoms with Crippen LogP contribution in [0.25, 0.3) is 6.08 Å².